The lowest BCUT2D eigenvalue weighted by atomic mass is 9.91. The van der Waals surface area contributed by atoms with Gasteiger partial charge in [0.2, 0.25) is 5.72 Å². The molecule has 1 unspecified atom stereocenters. The Morgan fingerprint density at radius 2 is 1.44 bits per heavy atom. The highest BCUT2D eigenvalue weighted by Crippen LogP contribution is 2.39. The van der Waals surface area contributed by atoms with E-state index in [0.717, 1.165) is 16.7 Å². The summed E-state index contributed by atoms with van der Waals surface area (Å²) in [5.41, 5.74) is 1.33. The van der Waals surface area contributed by atoms with Gasteiger partial charge in [-0.2, -0.15) is 0 Å². The average Bonchev–Trinajstić information content (AvgIpc) is 2.84. The fourth-order valence-electron chi connectivity index (χ4n) is 2.22. The van der Waals surface area contributed by atoms with Crippen molar-refractivity contribution in [3.8, 4) is 0 Å². The molecule has 0 amide bonds. The third-order valence-electron chi connectivity index (χ3n) is 3.14. The molecule has 2 nitrogen and oxygen atoms in total. The van der Waals surface area contributed by atoms with Crippen molar-refractivity contribution in [2.75, 3.05) is 0 Å². The van der Waals surface area contributed by atoms with Gasteiger partial charge in [-0.05, 0) is 11.6 Å². The predicted molar refractivity (Wildman–Crippen MR) is 73.2 cm³/mol. The van der Waals surface area contributed by atoms with Crippen LogP contribution in [0.1, 0.15) is 11.1 Å². The van der Waals surface area contributed by atoms with Crippen LogP contribution in [0.2, 0.25) is 0 Å². The van der Waals surface area contributed by atoms with Crippen molar-refractivity contribution in [1.82, 2.24) is 0 Å². The van der Waals surface area contributed by atoms with Crippen molar-refractivity contribution in [3.05, 3.63) is 77.9 Å². The Hall–Kier alpha value is -2.19. The quantitative estimate of drug-likeness (QED) is 0.852. The number of aliphatic imine (C=N–C) groups is 1. The Labute approximate surface area is 106 Å². The van der Waals surface area contributed by atoms with Gasteiger partial charge < -0.3 is 5.11 Å². The molecule has 0 spiro atoms. The zero-order chi connectivity index (χ0) is 12.4. The number of rotatable bonds is 2. The summed E-state index contributed by atoms with van der Waals surface area (Å²) in [7, 11) is 0. The van der Waals surface area contributed by atoms with Gasteiger partial charge in [0, 0.05) is 17.4 Å². The molecule has 18 heavy (non-hydrogen) atoms. The highest BCUT2D eigenvalue weighted by Gasteiger charge is 2.35. The number of aliphatic hydroxyl groups is 1. The van der Waals surface area contributed by atoms with E-state index in [0.29, 0.717) is 0 Å². The molecule has 2 aromatic carbocycles. The Balaban J connectivity index is 2.08. The van der Waals surface area contributed by atoms with Gasteiger partial charge in [-0.1, -0.05) is 60.7 Å². The summed E-state index contributed by atoms with van der Waals surface area (Å²) in [6.07, 6.45) is 3.53. The highest BCUT2D eigenvalue weighted by atomic mass is 16.3. The van der Waals surface area contributed by atoms with Crippen LogP contribution in [0.5, 0.6) is 0 Å². The first-order valence-electron chi connectivity index (χ1n) is 5.90. The average molecular weight is 235 g/mol. The Morgan fingerprint density at radius 3 is 2.11 bits per heavy atom. The van der Waals surface area contributed by atoms with E-state index in [9.17, 15) is 5.11 Å². The molecule has 1 N–H and O–H groups in total. The topological polar surface area (TPSA) is 32.6 Å². The normalized spacial score (nSPS) is 21.9. The molecule has 0 bridgehead atoms. The summed E-state index contributed by atoms with van der Waals surface area (Å²) in [5.74, 6) is 0. The molecule has 2 heteroatoms. The monoisotopic (exact) mass is 235 g/mol. The molecule has 0 aliphatic carbocycles. The lowest BCUT2D eigenvalue weighted by molar-refractivity contribution is 0.114. The zero-order valence-corrected chi connectivity index (χ0v) is 9.82. The number of benzene rings is 2. The Kier molecular flexibility index (Phi) is 2.58. The van der Waals surface area contributed by atoms with Crippen LogP contribution in [0.25, 0.3) is 5.57 Å². The van der Waals surface area contributed by atoms with Crippen LogP contribution < -0.4 is 0 Å². The zero-order valence-electron chi connectivity index (χ0n) is 9.82. The van der Waals surface area contributed by atoms with E-state index in [-0.39, 0.29) is 0 Å². The van der Waals surface area contributed by atoms with Crippen LogP contribution in [0.3, 0.4) is 0 Å². The van der Waals surface area contributed by atoms with Gasteiger partial charge in [0.05, 0.1) is 0 Å². The standard InChI is InChI=1S/C16H13NO/c18-16(14-9-5-2-6-10-14)15(11-12-17-16)13-7-3-1-4-8-13/h1-12,18H. The van der Waals surface area contributed by atoms with E-state index < -0.39 is 5.72 Å². The van der Waals surface area contributed by atoms with Crippen molar-refractivity contribution >= 4 is 11.8 Å². The van der Waals surface area contributed by atoms with Gasteiger partial charge in [-0.15, -0.1) is 0 Å². The molecule has 0 radical (unpaired) electrons. The largest absolute Gasteiger partial charge is 0.362 e. The molecule has 1 aliphatic rings. The first-order chi connectivity index (χ1) is 8.81. The lowest BCUT2D eigenvalue weighted by Crippen LogP contribution is -2.22. The molecular weight excluding hydrogens is 222 g/mol. The summed E-state index contributed by atoms with van der Waals surface area (Å²) >= 11 is 0. The van der Waals surface area contributed by atoms with Crippen LogP contribution in [0.15, 0.2) is 71.7 Å². The van der Waals surface area contributed by atoms with Crippen LogP contribution >= 0.6 is 0 Å². The van der Waals surface area contributed by atoms with Crippen LogP contribution in [0.4, 0.5) is 0 Å². The highest BCUT2D eigenvalue weighted by molar-refractivity contribution is 5.93. The minimum absolute atomic E-state index is 0.786. The van der Waals surface area contributed by atoms with E-state index in [2.05, 4.69) is 4.99 Å². The van der Waals surface area contributed by atoms with Crippen LogP contribution in [0, 0.1) is 0 Å². The van der Waals surface area contributed by atoms with Gasteiger partial charge in [-0.25, -0.2) is 4.99 Å². The number of hydrogen-bond donors (Lipinski definition) is 1. The van der Waals surface area contributed by atoms with Gasteiger partial charge >= 0.3 is 0 Å². The minimum atomic E-state index is -1.26. The van der Waals surface area contributed by atoms with Gasteiger partial charge in [-0.3, -0.25) is 0 Å². The van der Waals surface area contributed by atoms with Crippen molar-refractivity contribution in [1.29, 1.82) is 0 Å². The van der Waals surface area contributed by atoms with E-state index in [1.807, 2.05) is 66.7 Å². The first-order valence-corrected chi connectivity index (χ1v) is 5.90. The maximum absolute atomic E-state index is 10.8. The second kappa shape index (κ2) is 4.24. The SMILES string of the molecule is OC1(c2ccccc2)N=CC=C1c1ccccc1. The van der Waals surface area contributed by atoms with Crippen molar-refractivity contribution in [2.24, 2.45) is 4.99 Å². The van der Waals surface area contributed by atoms with E-state index in [4.69, 9.17) is 0 Å². The molecule has 0 saturated heterocycles. The smallest absolute Gasteiger partial charge is 0.209 e. The summed E-state index contributed by atoms with van der Waals surface area (Å²) in [4.78, 5) is 4.23. The maximum Gasteiger partial charge on any atom is 0.209 e. The molecule has 88 valence electrons. The molecule has 0 saturated carbocycles. The van der Waals surface area contributed by atoms with Gasteiger partial charge in [0.25, 0.3) is 0 Å². The number of nitrogens with zero attached hydrogens (tertiary/aromatic N) is 1. The predicted octanol–water partition coefficient (Wildman–Crippen LogP) is 3.00. The van der Waals surface area contributed by atoms with Crippen LogP contribution in [-0.4, -0.2) is 11.3 Å². The third-order valence-corrected chi connectivity index (χ3v) is 3.14. The van der Waals surface area contributed by atoms with Crippen molar-refractivity contribution < 1.29 is 5.11 Å². The Morgan fingerprint density at radius 1 is 0.833 bits per heavy atom. The van der Waals surface area contributed by atoms with Crippen LogP contribution in [-0.2, 0) is 5.72 Å². The number of hydrogen-bond acceptors (Lipinski definition) is 2. The van der Waals surface area contributed by atoms with E-state index >= 15 is 0 Å². The first kappa shape index (κ1) is 10.9. The second-order valence-corrected chi connectivity index (χ2v) is 4.26. The van der Waals surface area contributed by atoms with E-state index in [1.54, 1.807) is 6.21 Å². The van der Waals surface area contributed by atoms with Crippen molar-refractivity contribution in [3.63, 3.8) is 0 Å². The van der Waals surface area contributed by atoms with Crippen molar-refractivity contribution in [2.45, 2.75) is 5.72 Å². The van der Waals surface area contributed by atoms with E-state index in [1.165, 1.54) is 0 Å². The fourth-order valence-corrected chi connectivity index (χ4v) is 2.22. The molecule has 1 heterocycles. The van der Waals surface area contributed by atoms with Gasteiger partial charge in [0.15, 0.2) is 0 Å². The molecule has 3 rings (SSSR count). The summed E-state index contributed by atoms with van der Waals surface area (Å²) in [6.45, 7) is 0. The molecular formula is C16H13NO. The lowest BCUT2D eigenvalue weighted by Gasteiger charge is -2.24. The number of allylic oxidation sites excluding steroid dienone is 1. The fraction of sp³-hybridized carbons (Fsp3) is 0.0625. The summed E-state index contributed by atoms with van der Waals surface area (Å²) < 4.78 is 0. The summed E-state index contributed by atoms with van der Waals surface area (Å²) in [5, 5.41) is 10.8. The molecule has 1 aliphatic heterocycles. The molecule has 1 atom stereocenters. The summed E-state index contributed by atoms with van der Waals surface area (Å²) in [6, 6.07) is 19.4. The van der Waals surface area contributed by atoms with Gasteiger partial charge in [0.1, 0.15) is 0 Å². The molecule has 2 aromatic rings. The molecule has 0 aromatic heterocycles. The second-order valence-electron chi connectivity index (χ2n) is 4.26. The molecule has 0 fully saturated rings. The maximum atomic E-state index is 10.8. The minimum Gasteiger partial charge on any atom is -0.362 e. The third kappa shape index (κ3) is 1.67. The Bertz CT molecular complexity index is 602.